The highest BCUT2D eigenvalue weighted by Gasteiger charge is 2.06. The number of aryl methyl sites for hydroxylation is 1. The Morgan fingerprint density at radius 3 is 3.00 bits per heavy atom. The Balaban J connectivity index is 2.44. The first kappa shape index (κ1) is 10.5. The molecule has 0 amide bonds. The number of nitrogens with zero attached hydrogens (tertiary/aromatic N) is 1. The summed E-state index contributed by atoms with van der Waals surface area (Å²) in [5.41, 5.74) is 1.37. The minimum absolute atomic E-state index is 1.10. The van der Waals surface area contributed by atoms with Gasteiger partial charge in [-0.05, 0) is 40.4 Å². The van der Waals surface area contributed by atoms with Crippen LogP contribution in [0.2, 0.25) is 0 Å². The van der Waals surface area contributed by atoms with Crippen LogP contribution in [0.15, 0.2) is 36.5 Å². The molecule has 3 heteroatoms. The standard InChI is InChI=1S/C13H10INS/c14-7-6-10-8-15-16-12-5-4-9-2-1-3-11(9)13(10)12/h1-5,8H,6-7H2. The Bertz CT molecular complexity index is 645. The van der Waals surface area contributed by atoms with E-state index in [2.05, 4.69) is 57.3 Å². The van der Waals surface area contributed by atoms with Gasteiger partial charge in [0, 0.05) is 16.0 Å². The fourth-order valence-electron chi connectivity index (χ4n) is 2.10. The molecule has 0 saturated heterocycles. The van der Waals surface area contributed by atoms with E-state index in [4.69, 9.17) is 0 Å². The molecular formula is C13H10INS. The Labute approximate surface area is 112 Å². The van der Waals surface area contributed by atoms with E-state index in [1.165, 1.54) is 26.4 Å². The van der Waals surface area contributed by atoms with Gasteiger partial charge in [-0.15, -0.1) is 0 Å². The topological polar surface area (TPSA) is 12.9 Å². The van der Waals surface area contributed by atoms with Crippen LogP contribution in [0.3, 0.4) is 0 Å². The molecule has 80 valence electrons. The molecule has 16 heavy (non-hydrogen) atoms. The zero-order valence-electron chi connectivity index (χ0n) is 8.61. The van der Waals surface area contributed by atoms with E-state index < -0.39 is 0 Å². The first-order valence-corrected chi connectivity index (χ1v) is 7.51. The number of alkyl halides is 1. The molecule has 0 fully saturated rings. The Morgan fingerprint density at radius 1 is 1.19 bits per heavy atom. The van der Waals surface area contributed by atoms with Gasteiger partial charge in [0.25, 0.3) is 0 Å². The van der Waals surface area contributed by atoms with Crippen LogP contribution < -0.4 is 0 Å². The van der Waals surface area contributed by atoms with Crippen LogP contribution >= 0.6 is 34.1 Å². The Morgan fingerprint density at radius 2 is 2.12 bits per heavy atom. The number of benzene rings is 1. The molecule has 1 nitrogen and oxygen atoms in total. The third kappa shape index (κ3) is 1.62. The van der Waals surface area contributed by atoms with Gasteiger partial charge in [0.2, 0.25) is 0 Å². The number of hydrogen-bond donors (Lipinski definition) is 0. The van der Waals surface area contributed by atoms with E-state index in [1.807, 2.05) is 6.20 Å². The van der Waals surface area contributed by atoms with Crippen LogP contribution in [-0.4, -0.2) is 8.80 Å². The molecule has 0 bridgehead atoms. The smallest absolute Gasteiger partial charge is 0.0543 e. The molecule has 1 heterocycles. The third-order valence-electron chi connectivity index (χ3n) is 2.82. The summed E-state index contributed by atoms with van der Waals surface area (Å²) in [6, 6.07) is 10.9. The molecule has 3 rings (SSSR count). The van der Waals surface area contributed by atoms with Gasteiger partial charge in [-0.1, -0.05) is 46.9 Å². The van der Waals surface area contributed by atoms with Crippen molar-refractivity contribution in [1.82, 2.24) is 4.37 Å². The number of rotatable bonds is 2. The molecule has 0 aliphatic heterocycles. The number of aromatic nitrogens is 1. The zero-order valence-corrected chi connectivity index (χ0v) is 11.6. The molecule has 0 saturated carbocycles. The van der Waals surface area contributed by atoms with E-state index in [0.29, 0.717) is 0 Å². The van der Waals surface area contributed by atoms with Crippen molar-refractivity contribution in [3.63, 3.8) is 0 Å². The number of fused-ring (bicyclic) bond motifs is 3. The SMILES string of the molecule is ICCc1cnsc2ccc3cccc3c12. The summed E-state index contributed by atoms with van der Waals surface area (Å²) in [5.74, 6) is 0. The molecule has 0 aliphatic rings. The normalized spacial score (nSPS) is 11.3. The lowest BCUT2D eigenvalue weighted by atomic mass is 10.1. The van der Waals surface area contributed by atoms with Gasteiger partial charge < -0.3 is 0 Å². The molecule has 0 aliphatic carbocycles. The van der Waals surface area contributed by atoms with Crippen molar-refractivity contribution in [3.05, 3.63) is 42.1 Å². The quantitative estimate of drug-likeness (QED) is 0.497. The summed E-state index contributed by atoms with van der Waals surface area (Å²) in [7, 11) is 0. The van der Waals surface area contributed by atoms with E-state index >= 15 is 0 Å². The maximum atomic E-state index is 4.36. The third-order valence-corrected chi connectivity index (χ3v) is 4.11. The highest BCUT2D eigenvalue weighted by molar-refractivity contribution is 14.1. The molecule has 0 atom stereocenters. The summed E-state index contributed by atoms with van der Waals surface area (Å²) in [5, 5.41) is 4.11. The molecule has 1 aromatic heterocycles. The van der Waals surface area contributed by atoms with Crippen molar-refractivity contribution in [2.75, 3.05) is 4.43 Å². The van der Waals surface area contributed by atoms with Crippen LogP contribution in [0.25, 0.3) is 20.9 Å². The van der Waals surface area contributed by atoms with Crippen molar-refractivity contribution in [2.45, 2.75) is 6.42 Å². The maximum absolute atomic E-state index is 4.36. The zero-order chi connectivity index (χ0) is 11.0. The van der Waals surface area contributed by atoms with Crippen molar-refractivity contribution in [3.8, 4) is 0 Å². The van der Waals surface area contributed by atoms with E-state index in [-0.39, 0.29) is 0 Å². The van der Waals surface area contributed by atoms with Crippen molar-refractivity contribution in [1.29, 1.82) is 0 Å². The molecule has 0 unspecified atom stereocenters. The summed E-state index contributed by atoms with van der Waals surface area (Å²) in [6.45, 7) is 0. The fraction of sp³-hybridized carbons (Fsp3) is 0.154. The summed E-state index contributed by atoms with van der Waals surface area (Å²) in [6.07, 6.45) is 3.13. The van der Waals surface area contributed by atoms with Gasteiger partial charge >= 0.3 is 0 Å². The fourth-order valence-corrected chi connectivity index (χ4v) is 3.43. The predicted molar refractivity (Wildman–Crippen MR) is 79.7 cm³/mol. The summed E-state index contributed by atoms with van der Waals surface area (Å²) >= 11 is 4.00. The second-order valence-corrected chi connectivity index (χ2v) is 5.67. The first-order valence-electron chi connectivity index (χ1n) is 5.21. The van der Waals surface area contributed by atoms with Gasteiger partial charge in [-0.3, -0.25) is 0 Å². The number of hydrogen-bond acceptors (Lipinski definition) is 2. The second kappa shape index (κ2) is 4.30. The lowest BCUT2D eigenvalue weighted by Gasteiger charge is -2.05. The van der Waals surface area contributed by atoms with Crippen LogP contribution in [0.4, 0.5) is 0 Å². The van der Waals surface area contributed by atoms with Crippen LogP contribution in [0.1, 0.15) is 5.56 Å². The van der Waals surface area contributed by atoms with E-state index in [1.54, 1.807) is 11.5 Å². The number of halogens is 1. The largest absolute Gasteiger partial charge is 0.200 e. The minimum Gasteiger partial charge on any atom is -0.200 e. The lowest BCUT2D eigenvalue weighted by molar-refractivity contribution is 1.19. The van der Waals surface area contributed by atoms with Crippen LogP contribution in [-0.2, 0) is 6.42 Å². The average Bonchev–Trinajstić information content (AvgIpc) is 2.77. The molecule has 0 spiro atoms. The highest BCUT2D eigenvalue weighted by atomic mass is 127. The molecule has 2 aromatic carbocycles. The van der Waals surface area contributed by atoms with Gasteiger partial charge in [-0.2, -0.15) is 0 Å². The van der Waals surface area contributed by atoms with Crippen molar-refractivity contribution < 1.29 is 0 Å². The highest BCUT2D eigenvalue weighted by Crippen LogP contribution is 2.30. The van der Waals surface area contributed by atoms with Crippen LogP contribution in [0, 0.1) is 0 Å². The van der Waals surface area contributed by atoms with Crippen LogP contribution in [0.5, 0.6) is 0 Å². The lowest BCUT2D eigenvalue weighted by Crippen LogP contribution is -1.88. The van der Waals surface area contributed by atoms with Gasteiger partial charge in [0.1, 0.15) is 0 Å². The van der Waals surface area contributed by atoms with Gasteiger partial charge in [0.15, 0.2) is 0 Å². The Kier molecular flexibility index (Phi) is 2.81. The van der Waals surface area contributed by atoms with E-state index in [9.17, 15) is 0 Å². The van der Waals surface area contributed by atoms with Gasteiger partial charge in [0.05, 0.1) is 4.70 Å². The molecule has 0 radical (unpaired) electrons. The average molecular weight is 339 g/mol. The minimum atomic E-state index is 1.10. The summed E-state index contributed by atoms with van der Waals surface area (Å²) in [4.78, 5) is 0. The van der Waals surface area contributed by atoms with Crippen molar-refractivity contribution in [2.24, 2.45) is 0 Å². The second-order valence-electron chi connectivity index (χ2n) is 3.76. The summed E-state index contributed by atoms with van der Waals surface area (Å²) < 4.78 is 6.79. The van der Waals surface area contributed by atoms with Gasteiger partial charge in [-0.25, -0.2) is 4.37 Å². The monoisotopic (exact) mass is 339 g/mol. The van der Waals surface area contributed by atoms with E-state index in [0.717, 1.165) is 10.8 Å². The predicted octanol–water partition coefficient (Wildman–Crippen LogP) is 4.43. The first-order chi connectivity index (χ1) is 7.90. The maximum Gasteiger partial charge on any atom is 0.0543 e. The molecule has 3 aromatic rings. The van der Waals surface area contributed by atoms with Crippen molar-refractivity contribution >= 4 is 55.0 Å². The molecule has 0 N–H and O–H groups in total. The molecular weight excluding hydrogens is 329 g/mol. The Hall–Kier alpha value is -0.680.